The molecule has 0 atom stereocenters. The largest absolute Gasteiger partial charge is 0.631 e. The van der Waals surface area contributed by atoms with Crippen LogP contribution in [0.15, 0.2) is 178 Å². The summed E-state index contributed by atoms with van der Waals surface area (Å²) in [7, 11) is 0. The molecule has 11 aromatic rings. The van der Waals surface area contributed by atoms with Gasteiger partial charge in [-0.15, -0.1) is 87.0 Å². The number of aromatic nitrogens is 4. The summed E-state index contributed by atoms with van der Waals surface area (Å²) in [6.07, 6.45) is 11.5. The van der Waals surface area contributed by atoms with E-state index < -0.39 is 0 Å². The third kappa shape index (κ3) is 8.44. The van der Waals surface area contributed by atoms with Crippen LogP contribution in [0.1, 0.15) is 33.4 Å². The van der Waals surface area contributed by atoms with Gasteiger partial charge >= 0.3 is 0 Å². The van der Waals surface area contributed by atoms with Crippen molar-refractivity contribution in [3.05, 3.63) is 204 Å². The molecule has 3 aromatic heterocycles. The van der Waals surface area contributed by atoms with Crippen molar-refractivity contribution in [1.82, 2.24) is 19.6 Å². The summed E-state index contributed by atoms with van der Waals surface area (Å²) in [5.41, 5.74) is 23.5. The molecule has 7 heterocycles. The molecule has 0 spiro atoms. The molecule has 0 fully saturated rings. The third-order valence-corrected chi connectivity index (χ3v) is 19.6. The monoisotopic (exact) mass is 1420 g/mol. The predicted octanol–water partition coefficient (Wildman–Crippen LogP) is 11.9. The van der Waals surface area contributed by atoms with E-state index in [1.165, 1.54) is 94.6 Å². The number of rotatable bonds is 6. The van der Waals surface area contributed by atoms with Crippen molar-refractivity contribution in [2.75, 3.05) is 0 Å². The van der Waals surface area contributed by atoms with Crippen LogP contribution in [0.2, 0.25) is 0 Å². The average molecular weight is 1420 g/mol. The Morgan fingerprint density at radius 2 is 0.831 bits per heavy atom. The third-order valence-electron chi connectivity index (χ3n) is 15.0. The molecule has 77 heavy (non-hydrogen) atoms. The summed E-state index contributed by atoms with van der Waals surface area (Å²) in [4.78, 5) is 9.77. The second-order valence-electron chi connectivity index (χ2n) is 20.1. The van der Waals surface area contributed by atoms with Crippen molar-refractivity contribution in [2.24, 2.45) is 0 Å². The van der Waals surface area contributed by atoms with Crippen molar-refractivity contribution >= 4 is 93.2 Å². The Labute approximate surface area is 495 Å². The molecule has 0 bridgehead atoms. The van der Waals surface area contributed by atoms with Crippen LogP contribution in [0.3, 0.4) is 0 Å². The van der Waals surface area contributed by atoms with Gasteiger partial charge in [-0.25, -0.2) is 12.1 Å². The van der Waals surface area contributed by atoms with Crippen LogP contribution in [-0.4, -0.2) is 33.0 Å². The molecular weight excluding hydrogens is 1380 g/mol. The van der Waals surface area contributed by atoms with Crippen molar-refractivity contribution in [3.8, 4) is 56.1 Å². The summed E-state index contributed by atoms with van der Waals surface area (Å²) in [5.74, 6) is 0.589. The second kappa shape index (κ2) is 19.6. The van der Waals surface area contributed by atoms with Gasteiger partial charge in [0.2, 0.25) is 13.4 Å². The first kappa shape index (κ1) is 50.8. The van der Waals surface area contributed by atoms with E-state index in [4.69, 9.17) is 14.6 Å². The summed E-state index contributed by atoms with van der Waals surface area (Å²) in [6.45, 7) is 12.9. The molecule has 0 saturated heterocycles. The minimum Gasteiger partial charge on any atom is -0.631 e. The average Bonchev–Trinajstić information content (AvgIpc) is 4.22. The van der Waals surface area contributed by atoms with E-state index in [-0.39, 0.29) is 55.6 Å². The normalized spacial score (nSPS) is 13.1. The molecule has 0 saturated carbocycles. The molecule has 5 nitrogen and oxygen atoms in total. The van der Waals surface area contributed by atoms with Gasteiger partial charge in [0.1, 0.15) is 0 Å². The zero-order valence-corrected chi connectivity index (χ0v) is 50.1. The Kier molecular flexibility index (Phi) is 13.0. The molecule has 0 N–H and O–H groups in total. The smallest absolute Gasteiger partial charge is 0.202 e. The van der Waals surface area contributed by atoms with Crippen LogP contribution < -0.4 is 32.8 Å². The zero-order chi connectivity index (χ0) is 50.4. The molecule has 8 aromatic carbocycles. The molecule has 378 valence electrons. The van der Waals surface area contributed by atoms with Crippen LogP contribution in [-0.2, 0) is 42.1 Å². The van der Waals surface area contributed by atoms with Gasteiger partial charge in [0.25, 0.3) is 0 Å². The van der Waals surface area contributed by atoms with E-state index in [9.17, 15) is 0 Å². The summed E-state index contributed by atoms with van der Waals surface area (Å²) < 4.78 is 10.3. The summed E-state index contributed by atoms with van der Waals surface area (Å²) in [5, 5.41) is 9.79. The van der Waals surface area contributed by atoms with Crippen LogP contribution >= 0.6 is 47.0 Å². The van der Waals surface area contributed by atoms with E-state index >= 15 is 0 Å². The molecular formula is C64H40B2N4OPt2S4-6. The van der Waals surface area contributed by atoms with Crippen molar-refractivity contribution in [1.29, 1.82) is 0 Å². The first-order chi connectivity index (χ1) is 36.6. The zero-order valence-electron chi connectivity index (χ0n) is 42.3. The molecule has 0 radical (unpaired) electrons. The van der Waals surface area contributed by atoms with E-state index in [0.29, 0.717) is 5.76 Å². The van der Waals surface area contributed by atoms with Crippen LogP contribution in [0.4, 0.5) is 0 Å². The Bertz CT molecular complexity index is 3930. The van der Waals surface area contributed by atoms with Crippen molar-refractivity contribution < 1.29 is 46.5 Å². The predicted molar refractivity (Wildman–Crippen MR) is 308 cm³/mol. The van der Waals surface area contributed by atoms with Gasteiger partial charge in [-0.2, -0.15) is 74.4 Å². The Morgan fingerprint density at radius 1 is 0.442 bits per heavy atom. The minimum atomic E-state index is -0.0799. The standard InChI is InChI=1S/C64H40B2N4OS4.2Pt/c1-35-21-37(3)61(38(4)22-35)44-30-67-69(32-44)46-15-19-55-50(28-46)65-48-25-41(13-17-53(48)72-57-9-7-11-59(74-55)63(57)65)43-27-52(71-34-43)42-14-18-54-49(26-42)66-51-29-47(16-20-56(51)75-60-12-8-10-58(73-54)64(60)66)70-33-45(31-68-70)62-39(5)23-36(2)24-40(62)6;;/h7-24,30-33H,1-6H3;;/q-6;;. The van der Waals surface area contributed by atoms with Gasteiger partial charge < -0.3 is 21.6 Å². The second-order valence-corrected chi connectivity index (χ2v) is 24.4. The number of nitrogens with zero attached hydrogens (tertiary/aromatic N) is 4. The van der Waals surface area contributed by atoms with Crippen LogP contribution in [0, 0.1) is 78.1 Å². The van der Waals surface area contributed by atoms with Gasteiger partial charge in [-0.1, -0.05) is 63.1 Å². The van der Waals surface area contributed by atoms with Crippen LogP contribution in [0.5, 0.6) is 0 Å². The number of hydrogen-bond acceptors (Lipinski definition) is 7. The molecule has 4 aliphatic heterocycles. The maximum Gasteiger partial charge on any atom is 0.202 e. The van der Waals surface area contributed by atoms with E-state index in [1.54, 1.807) is 0 Å². The fourth-order valence-electron chi connectivity index (χ4n) is 12.0. The molecule has 13 heteroatoms. The van der Waals surface area contributed by atoms with Crippen molar-refractivity contribution in [3.63, 3.8) is 0 Å². The molecule has 15 rings (SSSR count). The van der Waals surface area contributed by atoms with E-state index in [1.807, 2.05) is 68.8 Å². The number of furan rings is 1. The molecule has 0 aliphatic carbocycles. The topological polar surface area (TPSA) is 48.8 Å². The van der Waals surface area contributed by atoms with Crippen molar-refractivity contribution in [2.45, 2.75) is 80.7 Å². The molecule has 0 amide bonds. The first-order valence-corrected chi connectivity index (χ1v) is 28.3. The number of aryl methyl sites for hydroxylation is 6. The summed E-state index contributed by atoms with van der Waals surface area (Å²) in [6, 6.07) is 58.9. The van der Waals surface area contributed by atoms with E-state index in [2.05, 4.69) is 200 Å². The quantitative estimate of drug-likeness (QED) is 0.121. The SMILES string of the molecule is Cc1cc(C)c(-c2cnn(-c3[c-]c4c(cc3)Sc3cccc5c3B4c3[c-]c(-c4[c-]oc(-c6[c-]c7c(cc6)Sc6cccc8c6B7c6[c-]c(-n7cc(-c9c(C)cc(C)cc9C)cn7)ccc6S8)[c-]4)ccc3S5)c2)c(C)c1.[Pt].[Pt]. The van der Waals surface area contributed by atoms with Crippen LogP contribution in [0.25, 0.3) is 56.1 Å². The first-order valence-electron chi connectivity index (χ1n) is 25.0. The fourth-order valence-corrected chi connectivity index (χ4v) is 16.7. The number of hydrogen-bond donors (Lipinski definition) is 0. The van der Waals surface area contributed by atoms with Gasteiger partial charge in [0.15, 0.2) is 0 Å². The minimum absolute atomic E-state index is 0. The van der Waals surface area contributed by atoms with Gasteiger partial charge in [-0.05, 0) is 141 Å². The maximum absolute atomic E-state index is 6.35. The van der Waals surface area contributed by atoms with Gasteiger partial charge in [0, 0.05) is 65.7 Å². The van der Waals surface area contributed by atoms with Gasteiger partial charge in [0.05, 0.1) is 12.4 Å². The van der Waals surface area contributed by atoms with Gasteiger partial charge in [-0.3, -0.25) is 9.36 Å². The Hall–Kier alpha value is -5.63. The number of benzene rings is 8. The number of fused-ring (bicyclic) bond motifs is 8. The molecule has 4 aliphatic rings. The molecule has 0 unspecified atom stereocenters. The maximum atomic E-state index is 6.35. The Morgan fingerprint density at radius 3 is 1.27 bits per heavy atom. The summed E-state index contributed by atoms with van der Waals surface area (Å²) >= 11 is 7.25. The fraction of sp³-hybridized carbons (Fsp3) is 0.0938. The van der Waals surface area contributed by atoms with E-state index in [0.717, 1.165) is 61.0 Å². The Balaban J connectivity index is 0.00000283.